The highest BCUT2D eigenvalue weighted by Crippen LogP contribution is 2.29. The Hall–Kier alpha value is -3.06. The van der Waals surface area contributed by atoms with E-state index in [2.05, 4.69) is 4.98 Å². The van der Waals surface area contributed by atoms with Crippen molar-refractivity contribution in [3.05, 3.63) is 53.6 Å². The molecule has 0 fully saturated rings. The van der Waals surface area contributed by atoms with Gasteiger partial charge in [-0.15, -0.1) is 0 Å². The second kappa shape index (κ2) is 5.86. The maximum Gasteiger partial charge on any atom is 0.298 e. The average Bonchev–Trinajstić information content (AvgIpc) is 2.93. The molecule has 1 aliphatic rings. The molecule has 3 aromatic rings. The third kappa shape index (κ3) is 2.55. The van der Waals surface area contributed by atoms with Gasteiger partial charge < -0.3 is 14.1 Å². The van der Waals surface area contributed by atoms with Crippen LogP contribution in [0.3, 0.4) is 0 Å². The number of amides is 1. The maximum atomic E-state index is 11.5. The summed E-state index contributed by atoms with van der Waals surface area (Å²) in [7, 11) is 0. The number of carbonyl (C=O) groups excluding carboxylic acids is 1. The van der Waals surface area contributed by atoms with Crippen molar-refractivity contribution in [2.45, 2.75) is 6.54 Å². The predicted molar refractivity (Wildman–Crippen MR) is 86.2 cm³/mol. The van der Waals surface area contributed by atoms with Gasteiger partial charge in [0, 0.05) is 11.1 Å². The lowest BCUT2D eigenvalue weighted by molar-refractivity contribution is 0.0706. The van der Waals surface area contributed by atoms with E-state index in [9.17, 15) is 4.79 Å². The van der Waals surface area contributed by atoms with E-state index in [1.807, 2.05) is 29.2 Å². The number of rotatable bonds is 2. The number of para-hydroxylation sites is 2. The van der Waals surface area contributed by atoms with E-state index in [0.717, 1.165) is 16.7 Å². The number of benzene rings is 2. The van der Waals surface area contributed by atoms with Gasteiger partial charge in [0.2, 0.25) is 0 Å². The number of anilines is 1. The van der Waals surface area contributed by atoms with Crippen LogP contribution in [-0.4, -0.2) is 29.3 Å². The number of aromatic nitrogens is 1. The fraction of sp³-hybridized carbons (Fsp3) is 0.176. The molecule has 24 heavy (non-hydrogen) atoms. The molecule has 0 aliphatic carbocycles. The molecule has 0 saturated carbocycles. The summed E-state index contributed by atoms with van der Waals surface area (Å²) in [6, 6.07) is 13.2. The highest BCUT2D eigenvalue weighted by atomic mass is 16.5. The molecule has 7 heteroatoms. The van der Waals surface area contributed by atoms with Gasteiger partial charge in [-0.05, 0) is 24.3 Å². The number of fused-ring (bicyclic) bond motifs is 2. The first-order chi connectivity index (χ1) is 11.7. The molecule has 2 heterocycles. The molecule has 1 aliphatic heterocycles. The topological polar surface area (TPSA) is 87.8 Å². The second-order valence-electron chi connectivity index (χ2n) is 5.50. The molecule has 1 aromatic heterocycles. The monoisotopic (exact) mass is 325 g/mol. The zero-order valence-electron chi connectivity index (χ0n) is 12.7. The van der Waals surface area contributed by atoms with Gasteiger partial charge in [-0.1, -0.05) is 18.2 Å². The van der Waals surface area contributed by atoms with E-state index in [4.69, 9.17) is 14.4 Å². The molecule has 0 atom stereocenters. The Morgan fingerprint density at radius 2 is 2.12 bits per heavy atom. The lowest BCUT2D eigenvalue weighted by atomic mass is 10.1. The summed E-state index contributed by atoms with van der Waals surface area (Å²) in [6.45, 7) is 1.61. The van der Waals surface area contributed by atoms with Crippen LogP contribution >= 0.6 is 0 Å². The van der Waals surface area contributed by atoms with Gasteiger partial charge in [-0.2, -0.15) is 4.98 Å². The van der Waals surface area contributed by atoms with Crippen LogP contribution in [0, 0.1) is 0 Å². The van der Waals surface area contributed by atoms with Crippen molar-refractivity contribution in [1.29, 1.82) is 0 Å². The van der Waals surface area contributed by atoms with Gasteiger partial charge in [0.05, 0.1) is 13.1 Å². The molecule has 0 radical (unpaired) electrons. The molecule has 122 valence electrons. The molecular weight excluding hydrogens is 310 g/mol. The molecule has 0 saturated heterocycles. The van der Waals surface area contributed by atoms with Crippen LogP contribution < -0.4 is 15.1 Å². The molecule has 0 spiro atoms. The third-order valence-electron chi connectivity index (χ3n) is 3.96. The smallest absolute Gasteiger partial charge is 0.298 e. The molecule has 2 N–H and O–H groups in total. The zero-order valence-corrected chi connectivity index (χ0v) is 12.7. The summed E-state index contributed by atoms with van der Waals surface area (Å²) in [6.07, 6.45) is 0. The highest BCUT2D eigenvalue weighted by molar-refractivity contribution is 5.93. The minimum absolute atomic E-state index is 0.339. The number of hydrogen-bond acceptors (Lipinski definition) is 6. The number of hydroxylamine groups is 1. The van der Waals surface area contributed by atoms with Gasteiger partial charge in [-0.25, -0.2) is 5.48 Å². The van der Waals surface area contributed by atoms with E-state index in [1.165, 1.54) is 0 Å². The first-order valence-electron chi connectivity index (χ1n) is 7.55. The number of carbonyl (C=O) groups is 1. The minimum atomic E-state index is -0.568. The van der Waals surface area contributed by atoms with Gasteiger partial charge in [0.15, 0.2) is 5.58 Å². The fourth-order valence-corrected chi connectivity index (χ4v) is 2.73. The molecule has 7 nitrogen and oxygen atoms in total. The quantitative estimate of drug-likeness (QED) is 0.555. The lowest BCUT2D eigenvalue weighted by Gasteiger charge is -2.16. The average molecular weight is 325 g/mol. The predicted octanol–water partition coefficient (Wildman–Crippen LogP) is 2.35. The first kappa shape index (κ1) is 14.5. The van der Waals surface area contributed by atoms with Crippen molar-refractivity contribution in [2.75, 3.05) is 18.1 Å². The van der Waals surface area contributed by atoms with Gasteiger partial charge in [0.1, 0.15) is 17.9 Å². The van der Waals surface area contributed by atoms with Crippen LogP contribution in [0.2, 0.25) is 0 Å². The van der Waals surface area contributed by atoms with Crippen LogP contribution in [0.1, 0.15) is 15.9 Å². The summed E-state index contributed by atoms with van der Waals surface area (Å²) in [5.74, 6) is 0.0520. The van der Waals surface area contributed by atoms with Gasteiger partial charge >= 0.3 is 0 Å². The lowest BCUT2D eigenvalue weighted by Crippen LogP contribution is -2.25. The number of nitrogens with one attached hydrogen (secondary N) is 1. The normalized spacial score (nSPS) is 14.0. The number of oxazole rings is 1. The molecule has 0 bridgehead atoms. The summed E-state index contributed by atoms with van der Waals surface area (Å²) in [5, 5.41) is 8.74. The third-order valence-corrected chi connectivity index (χ3v) is 3.96. The van der Waals surface area contributed by atoms with Crippen molar-refractivity contribution in [3.8, 4) is 5.75 Å². The number of nitrogens with zero attached hydrogens (tertiary/aromatic N) is 2. The standard InChI is InChI=1S/C17H15N3O4/c21-16(19-22)11-5-6-12-10-20(7-8-23-15(12)9-11)17-18-13-3-1-2-4-14(13)24-17/h1-6,9,22H,7-8,10H2,(H,19,21). The van der Waals surface area contributed by atoms with Crippen molar-refractivity contribution in [2.24, 2.45) is 0 Å². The molecular formula is C17H15N3O4. The van der Waals surface area contributed by atoms with E-state index < -0.39 is 5.91 Å². The Morgan fingerprint density at radius 1 is 1.25 bits per heavy atom. The largest absolute Gasteiger partial charge is 0.491 e. The first-order valence-corrected chi connectivity index (χ1v) is 7.55. The van der Waals surface area contributed by atoms with Crippen LogP contribution in [0.5, 0.6) is 5.75 Å². The summed E-state index contributed by atoms with van der Waals surface area (Å²) < 4.78 is 11.6. The Bertz CT molecular complexity index is 873. The van der Waals surface area contributed by atoms with Crippen LogP contribution in [0.4, 0.5) is 6.01 Å². The highest BCUT2D eigenvalue weighted by Gasteiger charge is 2.21. The molecule has 1 amide bonds. The van der Waals surface area contributed by atoms with E-state index in [-0.39, 0.29) is 0 Å². The molecule has 2 aromatic carbocycles. The fourth-order valence-electron chi connectivity index (χ4n) is 2.73. The Kier molecular flexibility index (Phi) is 3.55. The Labute approximate surface area is 137 Å². The number of hydrogen-bond donors (Lipinski definition) is 2. The van der Waals surface area contributed by atoms with E-state index in [1.54, 1.807) is 23.7 Å². The molecule has 0 unspecified atom stereocenters. The second-order valence-corrected chi connectivity index (χ2v) is 5.50. The van der Waals surface area contributed by atoms with Crippen molar-refractivity contribution < 1.29 is 19.2 Å². The van der Waals surface area contributed by atoms with Crippen LogP contribution in [0.25, 0.3) is 11.1 Å². The SMILES string of the molecule is O=C(NO)c1ccc2c(c1)OCCN(c1nc3ccccc3o1)C2. The Morgan fingerprint density at radius 3 is 2.96 bits per heavy atom. The van der Waals surface area contributed by atoms with Gasteiger partial charge in [-0.3, -0.25) is 10.0 Å². The van der Waals surface area contributed by atoms with Gasteiger partial charge in [0.25, 0.3) is 11.9 Å². The van der Waals surface area contributed by atoms with Crippen LogP contribution in [0.15, 0.2) is 46.9 Å². The van der Waals surface area contributed by atoms with Crippen LogP contribution in [-0.2, 0) is 6.54 Å². The maximum absolute atomic E-state index is 11.5. The zero-order chi connectivity index (χ0) is 16.5. The minimum Gasteiger partial charge on any atom is -0.491 e. The summed E-state index contributed by atoms with van der Waals surface area (Å²) in [4.78, 5) is 18.0. The number of ether oxygens (including phenoxy) is 1. The Balaban J connectivity index is 1.65. The molecule has 4 rings (SSSR count). The van der Waals surface area contributed by atoms with E-state index in [0.29, 0.717) is 37.0 Å². The van der Waals surface area contributed by atoms with E-state index >= 15 is 0 Å². The summed E-state index contributed by atoms with van der Waals surface area (Å²) in [5.41, 5.74) is 4.44. The van der Waals surface area contributed by atoms with Crippen molar-refractivity contribution in [1.82, 2.24) is 10.5 Å². The van der Waals surface area contributed by atoms with Crippen molar-refractivity contribution in [3.63, 3.8) is 0 Å². The summed E-state index contributed by atoms with van der Waals surface area (Å²) >= 11 is 0. The van der Waals surface area contributed by atoms with Crippen molar-refractivity contribution >= 4 is 23.0 Å².